The number of anilines is 4. The van der Waals surface area contributed by atoms with E-state index in [1.165, 1.54) is 12.6 Å². The van der Waals surface area contributed by atoms with Gasteiger partial charge in [0.15, 0.2) is 0 Å². The molecule has 1 aliphatic heterocycles. The monoisotopic (exact) mass is 472 g/mol. The third kappa shape index (κ3) is 5.10. The lowest BCUT2D eigenvalue weighted by Crippen LogP contribution is -2.25. The predicted octanol–water partition coefficient (Wildman–Crippen LogP) is 3.48. The number of aromatic nitrogens is 3. The van der Waals surface area contributed by atoms with Crippen LogP contribution in [0.2, 0.25) is 0 Å². The molecular weight excluding hydrogens is 444 g/mol. The minimum atomic E-state index is -0.0285. The summed E-state index contributed by atoms with van der Waals surface area (Å²) < 4.78 is 6.05. The normalized spacial score (nSPS) is 18.2. The number of nitrogens with one attached hydrogen (secondary N) is 3. The van der Waals surface area contributed by atoms with Crippen LogP contribution in [0.5, 0.6) is 5.75 Å². The average molecular weight is 473 g/mol. The number of hydrogen-bond acceptors (Lipinski definition) is 9. The highest BCUT2D eigenvalue weighted by Crippen LogP contribution is 2.35. The molecule has 1 aromatic carbocycles. The Hall–Kier alpha value is -3.97. The summed E-state index contributed by atoms with van der Waals surface area (Å²) in [5.41, 5.74) is 8.91. The van der Waals surface area contributed by atoms with Crippen LogP contribution >= 0.6 is 0 Å². The zero-order chi connectivity index (χ0) is 24.2. The molecule has 35 heavy (non-hydrogen) atoms. The molecule has 10 nitrogen and oxygen atoms in total. The number of nitrogens with two attached hydrogens (primary N) is 1. The van der Waals surface area contributed by atoms with Crippen LogP contribution in [-0.4, -0.2) is 40.1 Å². The van der Waals surface area contributed by atoms with Crippen molar-refractivity contribution in [2.45, 2.75) is 44.6 Å². The van der Waals surface area contributed by atoms with Gasteiger partial charge in [-0.3, -0.25) is 15.1 Å². The summed E-state index contributed by atoms with van der Waals surface area (Å²) >= 11 is 0. The highest BCUT2D eigenvalue weighted by molar-refractivity contribution is 5.98. The Labute approximate surface area is 203 Å². The van der Waals surface area contributed by atoms with Gasteiger partial charge in [0.05, 0.1) is 40.5 Å². The third-order valence-corrected chi connectivity index (χ3v) is 6.56. The number of ether oxygens (including phenoxy) is 1. The first kappa shape index (κ1) is 22.8. The molecule has 1 unspecified atom stereocenters. The maximum atomic E-state index is 12.5. The van der Waals surface area contributed by atoms with Crippen molar-refractivity contribution in [2.75, 3.05) is 29.5 Å². The van der Waals surface area contributed by atoms with Crippen LogP contribution in [0.1, 0.15) is 44.1 Å². The molecule has 1 saturated carbocycles. The summed E-state index contributed by atoms with van der Waals surface area (Å²) in [6, 6.07) is 5.74. The average Bonchev–Trinajstić information content (AvgIpc) is 3.40. The Morgan fingerprint density at radius 3 is 2.63 bits per heavy atom. The van der Waals surface area contributed by atoms with E-state index < -0.39 is 0 Å². The summed E-state index contributed by atoms with van der Waals surface area (Å²) in [4.78, 5) is 25.5. The molecular formula is C25H28N8O2. The van der Waals surface area contributed by atoms with E-state index >= 15 is 0 Å². The van der Waals surface area contributed by atoms with Gasteiger partial charge in [-0.1, -0.05) is 19.3 Å². The molecule has 1 saturated heterocycles. The van der Waals surface area contributed by atoms with Gasteiger partial charge in [0.1, 0.15) is 17.9 Å². The molecule has 1 aliphatic carbocycles. The van der Waals surface area contributed by atoms with E-state index in [4.69, 9.17) is 10.5 Å². The van der Waals surface area contributed by atoms with Gasteiger partial charge < -0.3 is 21.1 Å². The van der Waals surface area contributed by atoms with E-state index in [2.05, 4.69) is 37.0 Å². The first-order valence-electron chi connectivity index (χ1n) is 12.0. The van der Waals surface area contributed by atoms with Crippen LogP contribution in [-0.2, 0) is 4.79 Å². The molecule has 10 heteroatoms. The second kappa shape index (κ2) is 10.1. The van der Waals surface area contributed by atoms with Crippen LogP contribution in [0.4, 0.5) is 23.0 Å². The van der Waals surface area contributed by atoms with Gasteiger partial charge >= 0.3 is 0 Å². The molecule has 5 rings (SSSR count). The lowest BCUT2D eigenvalue weighted by Gasteiger charge is -2.20. The number of rotatable bonds is 6. The molecule has 180 valence electrons. The maximum absolute atomic E-state index is 12.5. The minimum absolute atomic E-state index is 0.0239. The van der Waals surface area contributed by atoms with Crippen LogP contribution in [0.15, 0.2) is 30.7 Å². The molecule has 1 amide bonds. The molecule has 2 fully saturated rings. The lowest BCUT2D eigenvalue weighted by atomic mass is 9.89. The number of hydrogen-bond donors (Lipinski definition) is 4. The summed E-state index contributed by atoms with van der Waals surface area (Å²) in [7, 11) is 0. The maximum Gasteiger partial charge on any atom is 0.229 e. The smallest absolute Gasteiger partial charge is 0.229 e. The molecule has 1 atom stereocenters. The second-order valence-corrected chi connectivity index (χ2v) is 9.04. The number of nitriles is 1. The van der Waals surface area contributed by atoms with Crippen LogP contribution in [0.25, 0.3) is 10.9 Å². The Morgan fingerprint density at radius 2 is 1.91 bits per heavy atom. The summed E-state index contributed by atoms with van der Waals surface area (Å²) in [5, 5.41) is 19.7. The third-order valence-electron chi connectivity index (χ3n) is 6.56. The predicted molar refractivity (Wildman–Crippen MR) is 133 cm³/mol. The fraction of sp³-hybridized carbons (Fsp3) is 0.400. The van der Waals surface area contributed by atoms with Crippen molar-refractivity contribution >= 4 is 39.8 Å². The first-order chi connectivity index (χ1) is 17.1. The first-order valence-corrected chi connectivity index (χ1v) is 12.0. The van der Waals surface area contributed by atoms with E-state index in [9.17, 15) is 10.1 Å². The zero-order valence-corrected chi connectivity index (χ0v) is 19.4. The van der Waals surface area contributed by atoms with Crippen LogP contribution in [0.3, 0.4) is 0 Å². The number of fused-ring (bicyclic) bond motifs is 1. The highest BCUT2D eigenvalue weighted by Gasteiger charge is 2.22. The Kier molecular flexibility index (Phi) is 6.59. The van der Waals surface area contributed by atoms with Gasteiger partial charge in [-0.2, -0.15) is 5.26 Å². The van der Waals surface area contributed by atoms with Crippen LogP contribution in [0, 0.1) is 17.2 Å². The van der Waals surface area contributed by atoms with Crippen molar-refractivity contribution in [2.24, 2.45) is 5.92 Å². The zero-order valence-electron chi connectivity index (χ0n) is 19.4. The van der Waals surface area contributed by atoms with E-state index in [1.807, 2.05) is 0 Å². The highest BCUT2D eigenvalue weighted by atomic mass is 16.5. The Morgan fingerprint density at radius 1 is 1.11 bits per heavy atom. The number of benzene rings is 1. The molecule has 2 aliphatic rings. The Bertz CT molecular complexity index is 1260. The van der Waals surface area contributed by atoms with E-state index in [1.54, 1.807) is 24.5 Å². The standard InChI is InChI=1S/C25H28N8O2/c26-10-16-11-29-21-9-22(35-18-6-7-28-14-18)20(27)8-19(21)23(16)32-17-12-30-25(31-13-17)33-24(34)15-4-2-1-3-5-15/h8-9,11-13,15,18,28H,1-7,14,27H2,(H,29,32)(H,30,31,33,34). The molecule has 0 bridgehead atoms. The molecule has 0 radical (unpaired) electrons. The topological polar surface area (TPSA) is 151 Å². The summed E-state index contributed by atoms with van der Waals surface area (Å²) in [6.07, 6.45) is 10.8. The number of carbonyl (C=O) groups is 1. The van der Waals surface area contributed by atoms with Gasteiger partial charge in [0.2, 0.25) is 11.9 Å². The van der Waals surface area contributed by atoms with Crippen molar-refractivity contribution in [3.05, 3.63) is 36.3 Å². The van der Waals surface area contributed by atoms with Crippen molar-refractivity contribution in [1.29, 1.82) is 5.26 Å². The van der Waals surface area contributed by atoms with Gasteiger partial charge in [-0.15, -0.1) is 0 Å². The van der Waals surface area contributed by atoms with Crippen molar-refractivity contribution in [3.8, 4) is 11.8 Å². The van der Waals surface area contributed by atoms with Crippen molar-refractivity contribution in [1.82, 2.24) is 20.3 Å². The summed E-state index contributed by atoms with van der Waals surface area (Å²) in [6.45, 7) is 1.70. The van der Waals surface area contributed by atoms with Crippen LogP contribution < -0.4 is 26.4 Å². The fourth-order valence-electron chi connectivity index (χ4n) is 4.64. The van der Waals surface area contributed by atoms with E-state index in [0.29, 0.717) is 39.3 Å². The summed E-state index contributed by atoms with van der Waals surface area (Å²) in [5.74, 6) is 0.837. The van der Waals surface area contributed by atoms with Gasteiger partial charge in [-0.25, -0.2) is 9.97 Å². The molecule has 5 N–H and O–H groups in total. The number of nitrogen functional groups attached to an aromatic ring is 1. The number of pyridine rings is 1. The lowest BCUT2D eigenvalue weighted by molar-refractivity contribution is -0.120. The largest absolute Gasteiger partial charge is 0.487 e. The van der Waals surface area contributed by atoms with Gasteiger partial charge in [0, 0.05) is 30.1 Å². The van der Waals surface area contributed by atoms with Crippen molar-refractivity contribution < 1.29 is 9.53 Å². The quantitative estimate of drug-likeness (QED) is 0.395. The number of amides is 1. The van der Waals surface area contributed by atoms with E-state index in [0.717, 1.165) is 45.2 Å². The van der Waals surface area contributed by atoms with Gasteiger partial charge in [0.25, 0.3) is 0 Å². The van der Waals surface area contributed by atoms with E-state index in [-0.39, 0.29) is 23.9 Å². The van der Waals surface area contributed by atoms with Crippen molar-refractivity contribution in [3.63, 3.8) is 0 Å². The molecule has 2 aromatic heterocycles. The molecule has 3 heterocycles. The molecule has 0 spiro atoms. The minimum Gasteiger partial charge on any atom is -0.487 e. The molecule has 3 aromatic rings. The number of carbonyl (C=O) groups excluding carboxylic acids is 1. The van der Waals surface area contributed by atoms with Gasteiger partial charge in [-0.05, 0) is 31.9 Å². The fourth-order valence-corrected chi connectivity index (χ4v) is 4.64. The Balaban J connectivity index is 1.36. The number of nitrogens with zero attached hydrogens (tertiary/aromatic N) is 4. The second-order valence-electron chi connectivity index (χ2n) is 9.04. The SMILES string of the molecule is N#Cc1cnc2cc(OC3CCNC3)c(N)cc2c1Nc1cnc(NC(=O)C2CCCCC2)nc1.